The Morgan fingerprint density at radius 1 is 1.26 bits per heavy atom. The van der Waals surface area contributed by atoms with Gasteiger partial charge in [0, 0.05) is 24.5 Å². The minimum atomic E-state index is -0.197. The second kappa shape index (κ2) is 6.46. The fourth-order valence-corrected chi connectivity index (χ4v) is 3.09. The highest BCUT2D eigenvalue weighted by Gasteiger charge is 2.29. The Morgan fingerprint density at radius 2 is 1.84 bits per heavy atom. The molecule has 1 saturated heterocycles. The third kappa shape index (κ3) is 3.53. The summed E-state index contributed by atoms with van der Waals surface area (Å²) in [5.41, 5.74) is 7.42. The lowest BCUT2D eigenvalue weighted by molar-refractivity contribution is 0.0511. The van der Waals surface area contributed by atoms with Crippen LogP contribution in [0.3, 0.4) is 0 Å². The lowest BCUT2D eigenvalue weighted by Crippen LogP contribution is -2.45. The summed E-state index contributed by atoms with van der Waals surface area (Å²) in [6, 6.07) is 4.44. The first-order valence-electron chi connectivity index (χ1n) is 7.17. The molecular formula is C15H25N3O. The lowest BCUT2D eigenvalue weighted by Gasteiger charge is -2.40. The summed E-state index contributed by atoms with van der Waals surface area (Å²) in [7, 11) is 0. The first-order valence-corrected chi connectivity index (χ1v) is 7.17. The number of hydrogen-bond acceptors (Lipinski definition) is 4. The maximum Gasteiger partial charge on any atom is 0.0541 e. The number of nitrogens with zero attached hydrogens (tertiary/aromatic N) is 2. The highest BCUT2D eigenvalue weighted by atomic mass is 16.3. The molecule has 19 heavy (non-hydrogen) atoms. The molecule has 0 aliphatic carbocycles. The van der Waals surface area contributed by atoms with E-state index in [0.717, 1.165) is 25.9 Å². The van der Waals surface area contributed by atoms with Gasteiger partial charge < -0.3 is 10.8 Å². The van der Waals surface area contributed by atoms with E-state index in [1.54, 1.807) is 0 Å². The van der Waals surface area contributed by atoms with Gasteiger partial charge in [-0.1, -0.05) is 0 Å². The number of pyridine rings is 1. The Bertz CT molecular complexity index is 372. The van der Waals surface area contributed by atoms with Gasteiger partial charge in [-0.05, 0) is 63.4 Å². The van der Waals surface area contributed by atoms with Gasteiger partial charge in [0.05, 0.1) is 6.10 Å². The Kier molecular flexibility index (Phi) is 4.91. The van der Waals surface area contributed by atoms with Gasteiger partial charge in [-0.2, -0.15) is 0 Å². The van der Waals surface area contributed by atoms with Gasteiger partial charge in [0.1, 0.15) is 0 Å². The fraction of sp³-hybridized carbons (Fsp3) is 0.667. The summed E-state index contributed by atoms with van der Waals surface area (Å²) in [5.74, 6) is 0.433. The summed E-state index contributed by atoms with van der Waals surface area (Å²) in [6.07, 6.45) is 5.55. The molecule has 4 heteroatoms. The monoisotopic (exact) mass is 263 g/mol. The van der Waals surface area contributed by atoms with E-state index in [0.29, 0.717) is 5.92 Å². The Hall–Kier alpha value is -0.970. The number of rotatable bonds is 4. The van der Waals surface area contributed by atoms with E-state index in [4.69, 9.17) is 5.73 Å². The number of aliphatic hydroxyl groups is 1. The van der Waals surface area contributed by atoms with Crippen LogP contribution in [0.5, 0.6) is 0 Å². The topological polar surface area (TPSA) is 62.4 Å². The predicted octanol–water partition coefficient (Wildman–Crippen LogP) is 1.56. The molecule has 1 fully saturated rings. The van der Waals surface area contributed by atoms with Crippen LogP contribution in [0, 0.1) is 5.92 Å². The van der Waals surface area contributed by atoms with Crippen molar-refractivity contribution in [2.24, 2.45) is 11.7 Å². The van der Waals surface area contributed by atoms with Gasteiger partial charge in [-0.3, -0.25) is 9.88 Å². The Labute approximate surface area is 115 Å². The number of aromatic nitrogens is 1. The third-order valence-electron chi connectivity index (χ3n) is 4.20. The Morgan fingerprint density at radius 3 is 2.32 bits per heavy atom. The molecule has 0 amide bonds. The van der Waals surface area contributed by atoms with Crippen molar-refractivity contribution >= 4 is 0 Å². The van der Waals surface area contributed by atoms with Crippen LogP contribution in [-0.2, 0) is 0 Å². The van der Waals surface area contributed by atoms with Crippen molar-refractivity contribution in [2.45, 2.75) is 44.9 Å². The minimum Gasteiger partial charge on any atom is -0.393 e. The smallest absolute Gasteiger partial charge is 0.0541 e. The summed E-state index contributed by atoms with van der Waals surface area (Å²) < 4.78 is 0. The molecule has 4 nitrogen and oxygen atoms in total. The quantitative estimate of drug-likeness (QED) is 0.865. The second-order valence-electron chi connectivity index (χ2n) is 5.70. The van der Waals surface area contributed by atoms with Crippen molar-refractivity contribution in [3.8, 4) is 0 Å². The molecule has 1 aliphatic heterocycles. The molecule has 1 aromatic rings. The van der Waals surface area contributed by atoms with Crippen molar-refractivity contribution in [1.29, 1.82) is 0 Å². The van der Waals surface area contributed by atoms with Gasteiger partial charge in [-0.15, -0.1) is 0 Å². The Balaban J connectivity index is 2.06. The normalized spacial score (nSPS) is 22.9. The van der Waals surface area contributed by atoms with E-state index in [2.05, 4.69) is 28.9 Å². The van der Waals surface area contributed by atoms with E-state index in [-0.39, 0.29) is 18.2 Å². The van der Waals surface area contributed by atoms with Crippen molar-refractivity contribution in [3.05, 3.63) is 30.1 Å². The highest BCUT2D eigenvalue weighted by molar-refractivity contribution is 5.17. The zero-order chi connectivity index (χ0) is 13.8. The van der Waals surface area contributed by atoms with Crippen LogP contribution in [0.25, 0.3) is 0 Å². The first-order chi connectivity index (χ1) is 9.09. The largest absolute Gasteiger partial charge is 0.393 e. The molecule has 1 aromatic heterocycles. The number of likely N-dealkylation sites (tertiary alicyclic amines) is 1. The van der Waals surface area contributed by atoms with E-state index < -0.39 is 0 Å². The zero-order valence-corrected chi connectivity index (χ0v) is 11.9. The molecule has 3 N–H and O–H groups in total. The van der Waals surface area contributed by atoms with Crippen molar-refractivity contribution < 1.29 is 5.11 Å². The minimum absolute atomic E-state index is 0.0884. The van der Waals surface area contributed by atoms with Crippen LogP contribution in [0.2, 0.25) is 0 Å². The maximum absolute atomic E-state index is 9.68. The van der Waals surface area contributed by atoms with Crippen LogP contribution in [0.4, 0.5) is 0 Å². The second-order valence-corrected chi connectivity index (χ2v) is 5.70. The van der Waals surface area contributed by atoms with Crippen molar-refractivity contribution in [2.75, 3.05) is 13.1 Å². The number of hydrogen-bond donors (Lipinski definition) is 2. The summed E-state index contributed by atoms with van der Waals surface area (Å²) in [5, 5.41) is 9.68. The first kappa shape index (κ1) is 14.4. The van der Waals surface area contributed by atoms with Crippen molar-refractivity contribution in [3.63, 3.8) is 0 Å². The summed E-state index contributed by atoms with van der Waals surface area (Å²) >= 11 is 0. The predicted molar refractivity (Wildman–Crippen MR) is 76.6 cm³/mol. The van der Waals surface area contributed by atoms with Gasteiger partial charge >= 0.3 is 0 Å². The zero-order valence-electron chi connectivity index (χ0n) is 11.9. The standard InChI is InChI=1S/C15H25N3O/c1-11(16)15(14-3-7-17-8-4-14)18-9-5-13(6-10-18)12(2)19/h3-4,7-8,11-13,15,19H,5-6,9-10,16H2,1-2H3. The molecule has 0 bridgehead atoms. The van der Waals surface area contributed by atoms with Gasteiger partial charge in [0.25, 0.3) is 0 Å². The number of nitrogens with two attached hydrogens (primary N) is 1. The molecule has 3 atom stereocenters. The molecule has 106 valence electrons. The number of piperidine rings is 1. The van der Waals surface area contributed by atoms with Gasteiger partial charge in [0.2, 0.25) is 0 Å². The number of aliphatic hydroxyl groups excluding tert-OH is 1. The van der Waals surface area contributed by atoms with Crippen LogP contribution in [0.15, 0.2) is 24.5 Å². The summed E-state index contributed by atoms with van der Waals surface area (Å²) in [6.45, 7) is 5.96. The average Bonchev–Trinajstić information content (AvgIpc) is 2.40. The van der Waals surface area contributed by atoms with Gasteiger partial charge in [0.15, 0.2) is 0 Å². The molecular weight excluding hydrogens is 238 g/mol. The molecule has 0 aromatic carbocycles. The lowest BCUT2D eigenvalue weighted by atomic mass is 9.89. The molecule has 2 heterocycles. The fourth-order valence-electron chi connectivity index (χ4n) is 3.09. The van der Waals surface area contributed by atoms with E-state index in [1.165, 1.54) is 5.56 Å². The van der Waals surface area contributed by atoms with Crippen LogP contribution in [0.1, 0.15) is 38.3 Å². The highest BCUT2D eigenvalue weighted by Crippen LogP contribution is 2.29. The average molecular weight is 263 g/mol. The van der Waals surface area contributed by atoms with E-state index >= 15 is 0 Å². The third-order valence-corrected chi connectivity index (χ3v) is 4.20. The van der Waals surface area contributed by atoms with Crippen molar-refractivity contribution in [1.82, 2.24) is 9.88 Å². The van der Waals surface area contributed by atoms with E-state index in [1.807, 2.05) is 19.3 Å². The van der Waals surface area contributed by atoms with Gasteiger partial charge in [-0.25, -0.2) is 0 Å². The SMILES string of the molecule is CC(N)C(c1ccncc1)N1CCC(C(C)O)CC1. The molecule has 0 saturated carbocycles. The molecule has 0 spiro atoms. The van der Waals surface area contributed by atoms with Crippen LogP contribution >= 0.6 is 0 Å². The van der Waals surface area contributed by atoms with Crippen LogP contribution < -0.4 is 5.73 Å². The molecule has 3 unspecified atom stereocenters. The van der Waals surface area contributed by atoms with E-state index in [9.17, 15) is 5.11 Å². The van der Waals surface area contributed by atoms with Crippen LogP contribution in [-0.4, -0.2) is 40.2 Å². The molecule has 2 rings (SSSR count). The summed E-state index contributed by atoms with van der Waals surface area (Å²) in [4.78, 5) is 6.52. The molecule has 1 aliphatic rings. The maximum atomic E-state index is 9.68. The molecule has 0 radical (unpaired) electrons.